The van der Waals surface area contributed by atoms with Crippen LogP contribution in [0.25, 0.3) is 0 Å². The Labute approximate surface area is 115 Å². The van der Waals surface area contributed by atoms with E-state index in [1.807, 2.05) is 13.8 Å². The second-order valence-corrected chi connectivity index (χ2v) is 4.60. The first-order valence-corrected chi connectivity index (χ1v) is 6.92. The summed E-state index contributed by atoms with van der Waals surface area (Å²) in [4.78, 5) is 22.2. The Morgan fingerprint density at radius 3 is 2.37 bits per heavy atom. The van der Waals surface area contributed by atoms with E-state index in [0.29, 0.717) is 12.8 Å². The van der Waals surface area contributed by atoms with Crippen molar-refractivity contribution < 1.29 is 23.8 Å². The largest absolute Gasteiger partial charge is 0.469 e. The zero-order chi connectivity index (χ0) is 14.9. The van der Waals surface area contributed by atoms with E-state index >= 15 is 0 Å². The third-order valence-corrected chi connectivity index (χ3v) is 2.61. The predicted octanol–water partition coefficient (Wildman–Crippen LogP) is 2.81. The highest BCUT2D eigenvalue weighted by Crippen LogP contribution is 2.26. The number of esters is 2. The quantitative estimate of drug-likeness (QED) is 0.550. The topological polar surface area (TPSA) is 61.8 Å². The summed E-state index contributed by atoms with van der Waals surface area (Å²) in [5.41, 5.74) is 0. The van der Waals surface area contributed by atoms with Crippen LogP contribution in [0.4, 0.5) is 0 Å². The van der Waals surface area contributed by atoms with E-state index in [1.54, 1.807) is 13.8 Å². The average molecular weight is 274 g/mol. The van der Waals surface area contributed by atoms with Crippen LogP contribution >= 0.6 is 0 Å². The van der Waals surface area contributed by atoms with Crippen molar-refractivity contribution >= 4 is 11.9 Å². The Hall–Kier alpha value is -1.10. The standard InChI is InChI=1S/C12H20O5.C2H6/c1-12(2)16-9(11(14)17-12)7-5-4-6-8-10(13)15-3;1-2/h9H,4-8H2,1-3H3;1-2H3. The molecular weight excluding hydrogens is 248 g/mol. The molecule has 0 aromatic carbocycles. The van der Waals surface area contributed by atoms with Gasteiger partial charge in [-0.15, -0.1) is 0 Å². The van der Waals surface area contributed by atoms with Crippen molar-refractivity contribution in [3.05, 3.63) is 0 Å². The minimum atomic E-state index is -0.798. The van der Waals surface area contributed by atoms with Crippen molar-refractivity contribution in [1.29, 1.82) is 0 Å². The maximum absolute atomic E-state index is 11.4. The maximum atomic E-state index is 11.4. The minimum Gasteiger partial charge on any atom is -0.469 e. The molecule has 1 atom stereocenters. The minimum absolute atomic E-state index is 0.192. The highest BCUT2D eigenvalue weighted by atomic mass is 16.8. The van der Waals surface area contributed by atoms with Crippen LogP contribution < -0.4 is 0 Å². The van der Waals surface area contributed by atoms with Crippen LogP contribution in [0.3, 0.4) is 0 Å². The fourth-order valence-electron chi connectivity index (χ4n) is 1.78. The SMILES string of the molecule is CC.COC(=O)CCCCCC1OC(C)(C)OC1=O. The lowest BCUT2D eigenvalue weighted by Gasteiger charge is -2.15. The number of ether oxygens (including phenoxy) is 3. The molecule has 1 unspecified atom stereocenters. The molecule has 0 aromatic heterocycles. The normalized spacial score (nSPS) is 20.3. The van der Waals surface area contributed by atoms with Gasteiger partial charge in [-0.25, -0.2) is 4.79 Å². The summed E-state index contributed by atoms with van der Waals surface area (Å²) >= 11 is 0. The maximum Gasteiger partial charge on any atom is 0.337 e. The van der Waals surface area contributed by atoms with Crippen molar-refractivity contribution in [2.45, 2.75) is 71.7 Å². The highest BCUT2D eigenvalue weighted by molar-refractivity contribution is 5.76. The van der Waals surface area contributed by atoms with Gasteiger partial charge < -0.3 is 14.2 Å². The number of hydrogen-bond donors (Lipinski definition) is 0. The smallest absolute Gasteiger partial charge is 0.337 e. The van der Waals surface area contributed by atoms with Crippen LogP contribution in [0, 0.1) is 0 Å². The van der Waals surface area contributed by atoms with Crippen molar-refractivity contribution in [3.63, 3.8) is 0 Å². The highest BCUT2D eigenvalue weighted by Gasteiger charge is 2.40. The number of unbranched alkanes of at least 4 members (excludes halogenated alkanes) is 2. The van der Waals surface area contributed by atoms with Gasteiger partial charge in [0.15, 0.2) is 6.10 Å². The third-order valence-electron chi connectivity index (χ3n) is 2.61. The molecule has 1 aliphatic rings. The van der Waals surface area contributed by atoms with Crippen LogP contribution in [-0.4, -0.2) is 30.9 Å². The third kappa shape index (κ3) is 7.15. The first-order chi connectivity index (χ1) is 8.94. The Bertz CT molecular complexity index is 286. The van der Waals surface area contributed by atoms with Gasteiger partial charge in [0.25, 0.3) is 0 Å². The van der Waals surface area contributed by atoms with Crippen LogP contribution in [0.15, 0.2) is 0 Å². The molecular formula is C14H26O5. The molecule has 0 aromatic rings. The molecule has 1 rings (SSSR count). The lowest BCUT2D eigenvalue weighted by Crippen LogP contribution is -2.21. The second kappa shape index (κ2) is 8.91. The molecule has 1 heterocycles. The molecule has 1 aliphatic heterocycles. The molecule has 1 fully saturated rings. The molecule has 0 aliphatic carbocycles. The number of carbonyl (C=O) groups excluding carboxylic acids is 2. The summed E-state index contributed by atoms with van der Waals surface area (Å²) in [6.45, 7) is 7.45. The molecule has 0 radical (unpaired) electrons. The molecule has 0 bridgehead atoms. The first-order valence-electron chi connectivity index (χ1n) is 6.92. The van der Waals surface area contributed by atoms with Gasteiger partial charge in [0, 0.05) is 20.3 Å². The van der Waals surface area contributed by atoms with Crippen LogP contribution in [0.1, 0.15) is 59.8 Å². The molecule has 0 saturated carbocycles. The Balaban J connectivity index is 0.00000154. The molecule has 19 heavy (non-hydrogen) atoms. The van der Waals surface area contributed by atoms with E-state index in [0.717, 1.165) is 19.3 Å². The number of hydrogen-bond acceptors (Lipinski definition) is 5. The number of cyclic esters (lactones) is 1. The number of carbonyl (C=O) groups is 2. The van der Waals surface area contributed by atoms with E-state index in [9.17, 15) is 9.59 Å². The molecule has 0 spiro atoms. The van der Waals surface area contributed by atoms with Gasteiger partial charge >= 0.3 is 11.9 Å². The Morgan fingerprint density at radius 1 is 1.26 bits per heavy atom. The van der Waals surface area contributed by atoms with Crippen molar-refractivity contribution in [2.24, 2.45) is 0 Å². The zero-order valence-corrected chi connectivity index (χ0v) is 12.7. The molecule has 5 heteroatoms. The molecule has 112 valence electrons. The van der Waals surface area contributed by atoms with Gasteiger partial charge in [-0.1, -0.05) is 26.7 Å². The van der Waals surface area contributed by atoms with Crippen LogP contribution in [0.5, 0.6) is 0 Å². The van der Waals surface area contributed by atoms with Crippen LogP contribution in [0.2, 0.25) is 0 Å². The number of methoxy groups -OCH3 is 1. The second-order valence-electron chi connectivity index (χ2n) is 4.60. The Morgan fingerprint density at radius 2 is 1.89 bits per heavy atom. The molecule has 0 amide bonds. The van der Waals surface area contributed by atoms with E-state index in [-0.39, 0.29) is 11.9 Å². The zero-order valence-electron chi connectivity index (χ0n) is 12.7. The molecule has 5 nitrogen and oxygen atoms in total. The first kappa shape index (κ1) is 17.9. The van der Waals surface area contributed by atoms with Crippen LogP contribution in [-0.2, 0) is 23.8 Å². The van der Waals surface area contributed by atoms with Crippen molar-refractivity contribution in [3.8, 4) is 0 Å². The van der Waals surface area contributed by atoms with Gasteiger partial charge in [0.2, 0.25) is 5.79 Å². The Kier molecular flexibility index (Phi) is 8.39. The lowest BCUT2D eigenvalue weighted by atomic mass is 10.1. The van der Waals surface area contributed by atoms with Gasteiger partial charge in [-0.05, 0) is 12.8 Å². The van der Waals surface area contributed by atoms with E-state index in [2.05, 4.69) is 4.74 Å². The molecule has 0 N–H and O–H groups in total. The lowest BCUT2D eigenvalue weighted by molar-refractivity contribution is -0.160. The number of rotatable bonds is 6. The fourth-order valence-corrected chi connectivity index (χ4v) is 1.78. The average Bonchev–Trinajstić information content (AvgIpc) is 2.64. The van der Waals surface area contributed by atoms with Gasteiger partial charge in [0.05, 0.1) is 7.11 Å². The summed E-state index contributed by atoms with van der Waals surface area (Å²) < 4.78 is 15.0. The van der Waals surface area contributed by atoms with Gasteiger partial charge in [0.1, 0.15) is 0 Å². The summed E-state index contributed by atoms with van der Waals surface area (Å²) in [5.74, 6) is -1.28. The summed E-state index contributed by atoms with van der Waals surface area (Å²) in [5, 5.41) is 0. The fraction of sp³-hybridized carbons (Fsp3) is 0.857. The predicted molar refractivity (Wildman–Crippen MR) is 71.5 cm³/mol. The van der Waals surface area contributed by atoms with E-state index in [4.69, 9.17) is 9.47 Å². The van der Waals surface area contributed by atoms with Gasteiger partial charge in [-0.3, -0.25) is 4.79 Å². The summed E-state index contributed by atoms with van der Waals surface area (Å²) in [6.07, 6.45) is 3.11. The summed E-state index contributed by atoms with van der Waals surface area (Å²) in [6, 6.07) is 0. The molecule has 1 saturated heterocycles. The monoisotopic (exact) mass is 274 g/mol. The van der Waals surface area contributed by atoms with E-state index < -0.39 is 11.9 Å². The summed E-state index contributed by atoms with van der Waals surface area (Å²) in [7, 11) is 1.38. The van der Waals surface area contributed by atoms with E-state index in [1.165, 1.54) is 7.11 Å². The van der Waals surface area contributed by atoms with Crippen molar-refractivity contribution in [2.75, 3.05) is 7.11 Å². The van der Waals surface area contributed by atoms with Gasteiger partial charge in [-0.2, -0.15) is 0 Å². The van der Waals surface area contributed by atoms with Crippen molar-refractivity contribution in [1.82, 2.24) is 0 Å².